The number of rotatable bonds is 12. The summed E-state index contributed by atoms with van der Waals surface area (Å²) >= 11 is 0. The Bertz CT molecular complexity index is 3210. The van der Waals surface area contributed by atoms with E-state index in [0.717, 1.165) is 22.7 Å². The third kappa shape index (κ3) is 8.30. The van der Waals surface area contributed by atoms with E-state index < -0.39 is 5.54 Å². The predicted molar refractivity (Wildman–Crippen MR) is 297 cm³/mol. The van der Waals surface area contributed by atoms with Gasteiger partial charge in [-0.05, 0) is 147 Å². The highest BCUT2D eigenvalue weighted by Crippen LogP contribution is 2.52. The summed E-state index contributed by atoms with van der Waals surface area (Å²) in [5.74, 6) is 0. The normalized spacial score (nSPS) is 13.0. The molecule has 0 radical (unpaired) electrons. The van der Waals surface area contributed by atoms with Crippen LogP contribution in [0.4, 0.5) is 22.7 Å². The van der Waals surface area contributed by atoms with Crippen LogP contribution in [0, 0.1) is 0 Å². The molecule has 0 heterocycles. The van der Waals surface area contributed by atoms with E-state index in [1.807, 2.05) is 0 Å². The summed E-state index contributed by atoms with van der Waals surface area (Å²) in [4.78, 5) is 5.01. The number of hydrogen-bond acceptors (Lipinski definition) is 2. The van der Waals surface area contributed by atoms with Gasteiger partial charge in [-0.2, -0.15) is 0 Å². The molecule has 0 aromatic heterocycles. The minimum Gasteiger partial charge on any atom is -0.334 e. The number of fused-ring (bicyclic) bond motifs is 3. The number of hydrogen-bond donors (Lipinski definition) is 0. The monoisotopic (exact) mass is 902 g/mol. The van der Waals surface area contributed by atoms with Crippen molar-refractivity contribution in [2.24, 2.45) is 0 Å². The van der Waals surface area contributed by atoms with Crippen molar-refractivity contribution in [3.05, 3.63) is 277 Å². The molecule has 0 saturated carbocycles. The van der Waals surface area contributed by atoms with E-state index in [4.69, 9.17) is 0 Å². The minimum absolute atomic E-state index is 0.0413. The maximum atomic E-state index is 2.51. The van der Waals surface area contributed by atoms with Crippen molar-refractivity contribution >= 4 is 22.7 Å². The van der Waals surface area contributed by atoms with Crippen LogP contribution in [-0.4, -0.2) is 0 Å². The smallest absolute Gasteiger partial charge is 0.0646 e. The first kappa shape index (κ1) is 44.3. The van der Waals surface area contributed by atoms with E-state index >= 15 is 0 Å². The van der Waals surface area contributed by atoms with Gasteiger partial charge in [0.1, 0.15) is 0 Å². The standard InChI is InChI=1S/C68H58N2/c1-48(69(59-36-26-53(27-37-59)49-18-10-6-11-19-49)60-38-28-54(29-39-60)50-20-12-7-13-21-50)57-34-44-63-64-45-35-58(47-66(64)67(2,3)65(63)46-57)68(4,5)70(61-40-30-55(31-41-61)51-22-14-8-15-23-51)62-42-32-56(33-43-62)52-24-16-9-17-25-52/h6-48H,1-5H3. The maximum absolute atomic E-state index is 2.51. The number of benzene rings is 10. The lowest BCUT2D eigenvalue weighted by molar-refractivity contribution is 0.533. The Labute approximate surface area is 414 Å². The van der Waals surface area contributed by atoms with Gasteiger partial charge in [0.25, 0.3) is 0 Å². The van der Waals surface area contributed by atoms with Crippen LogP contribution in [0.2, 0.25) is 0 Å². The van der Waals surface area contributed by atoms with Crippen LogP contribution < -0.4 is 9.80 Å². The molecule has 2 heteroatoms. The van der Waals surface area contributed by atoms with E-state index in [1.54, 1.807) is 0 Å². The number of anilines is 4. The van der Waals surface area contributed by atoms with Gasteiger partial charge in [-0.3, -0.25) is 0 Å². The fraction of sp³-hybridized carbons (Fsp3) is 0.118. The van der Waals surface area contributed by atoms with Crippen LogP contribution in [-0.2, 0) is 11.0 Å². The zero-order valence-corrected chi connectivity index (χ0v) is 40.7. The molecular formula is C68H58N2. The lowest BCUT2D eigenvalue weighted by Crippen LogP contribution is -2.38. The summed E-state index contributed by atoms with van der Waals surface area (Å²) in [6, 6.07) is 93.4. The van der Waals surface area contributed by atoms with E-state index in [-0.39, 0.29) is 11.5 Å². The first-order chi connectivity index (χ1) is 34.1. The summed E-state index contributed by atoms with van der Waals surface area (Å²) in [6.45, 7) is 11.9. The molecule has 1 aliphatic rings. The third-order valence-corrected chi connectivity index (χ3v) is 14.8. The van der Waals surface area contributed by atoms with Gasteiger partial charge in [-0.1, -0.05) is 220 Å². The molecule has 70 heavy (non-hydrogen) atoms. The Hall–Kier alpha value is -8.20. The van der Waals surface area contributed by atoms with Gasteiger partial charge in [0.05, 0.1) is 11.6 Å². The van der Waals surface area contributed by atoms with Gasteiger partial charge in [0.15, 0.2) is 0 Å². The largest absolute Gasteiger partial charge is 0.334 e. The van der Waals surface area contributed by atoms with Crippen molar-refractivity contribution in [2.45, 2.75) is 51.6 Å². The van der Waals surface area contributed by atoms with Gasteiger partial charge in [0.2, 0.25) is 0 Å². The number of nitrogens with zero attached hydrogens (tertiary/aromatic N) is 2. The minimum atomic E-state index is -0.422. The van der Waals surface area contributed by atoms with Crippen molar-refractivity contribution in [3.8, 4) is 55.6 Å². The first-order valence-electron chi connectivity index (χ1n) is 24.6. The first-order valence-corrected chi connectivity index (χ1v) is 24.6. The molecule has 1 aliphatic carbocycles. The second-order valence-corrected chi connectivity index (χ2v) is 19.8. The molecule has 340 valence electrons. The van der Waals surface area contributed by atoms with Gasteiger partial charge in [-0.25, -0.2) is 0 Å². The Morgan fingerprint density at radius 1 is 0.343 bits per heavy atom. The van der Waals surface area contributed by atoms with E-state index in [2.05, 4.69) is 299 Å². The van der Waals surface area contributed by atoms with E-state index in [0.29, 0.717) is 0 Å². The molecule has 0 amide bonds. The lowest BCUT2D eigenvalue weighted by atomic mass is 9.79. The van der Waals surface area contributed by atoms with Gasteiger partial charge in [0, 0.05) is 28.2 Å². The molecule has 10 aromatic carbocycles. The Balaban J connectivity index is 0.943. The molecule has 0 spiro atoms. The maximum Gasteiger partial charge on any atom is 0.0646 e. The van der Waals surface area contributed by atoms with Crippen LogP contribution in [0.3, 0.4) is 0 Å². The van der Waals surface area contributed by atoms with Crippen LogP contribution in [0.5, 0.6) is 0 Å². The topological polar surface area (TPSA) is 6.48 Å². The molecule has 0 saturated heterocycles. The lowest BCUT2D eigenvalue weighted by Gasteiger charge is -2.42. The van der Waals surface area contributed by atoms with Crippen LogP contribution in [0.25, 0.3) is 55.6 Å². The molecule has 0 aliphatic heterocycles. The van der Waals surface area contributed by atoms with Crippen molar-refractivity contribution in [1.82, 2.24) is 0 Å². The van der Waals surface area contributed by atoms with Crippen molar-refractivity contribution < 1.29 is 0 Å². The van der Waals surface area contributed by atoms with Gasteiger partial charge in [-0.15, -0.1) is 0 Å². The highest BCUT2D eigenvalue weighted by molar-refractivity contribution is 5.83. The molecule has 2 nitrogen and oxygen atoms in total. The Kier molecular flexibility index (Phi) is 11.6. The average Bonchev–Trinajstić information content (AvgIpc) is 3.65. The van der Waals surface area contributed by atoms with Gasteiger partial charge < -0.3 is 9.80 Å². The highest BCUT2D eigenvalue weighted by atomic mass is 15.2. The highest BCUT2D eigenvalue weighted by Gasteiger charge is 2.39. The van der Waals surface area contributed by atoms with Crippen molar-refractivity contribution in [2.75, 3.05) is 9.80 Å². The fourth-order valence-corrected chi connectivity index (χ4v) is 10.8. The second-order valence-electron chi connectivity index (χ2n) is 19.8. The molecule has 11 rings (SSSR count). The van der Waals surface area contributed by atoms with Gasteiger partial charge >= 0.3 is 0 Å². The van der Waals surface area contributed by atoms with Crippen LogP contribution in [0.1, 0.15) is 62.9 Å². The Morgan fingerprint density at radius 2 is 0.657 bits per heavy atom. The molecule has 1 unspecified atom stereocenters. The molecule has 0 fully saturated rings. The SMILES string of the molecule is CC(c1ccc2c(c1)C(C)(C)c1cc(C(C)(C)N(c3ccc(-c4ccccc4)cc3)c3ccc(-c4ccccc4)cc3)ccc1-2)N(c1ccc(-c2ccccc2)cc1)c1ccc(-c2ccccc2)cc1. The fourth-order valence-electron chi connectivity index (χ4n) is 10.8. The van der Waals surface area contributed by atoms with E-state index in [9.17, 15) is 0 Å². The Morgan fingerprint density at radius 3 is 1.03 bits per heavy atom. The molecular weight excluding hydrogens is 845 g/mol. The second kappa shape index (κ2) is 18.4. The van der Waals surface area contributed by atoms with Crippen molar-refractivity contribution in [3.63, 3.8) is 0 Å². The third-order valence-electron chi connectivity index (χ3n) is 14.8. The molecule has 0 N–H and O–H groups in total. The molecule has 1 atom stereocenters. The summed E-state index contributed by atoms with van der Waals surface area (Å²) in [5.41, 5.74) is 21.6. The quantitative estimate of drug-likeness (QED) is 0.121. The van der Waals surface area contributed by atoms with E-state index in [1.165, 1.54) is 77.9 Å². The zero-order chi connectivity index (χ0) is 47.8. The van der Waals surface area contributed by atoms with Crippen LogP contribution in [0.15, 0.2) is 255 Å². The molecule has 0 bridgehead atoms. The average molecular weight is 903 g/mol. The summed E-state index contributed by atoms with van der Waals surface area (Å²) < 4.78 is 0. The summed E-state index contributed by atoms with van der Waals surface area (Å²) in [7, 11) is 0. The van der Waals surface area contributed by atoms with Crippen molar-refractivity contribution in [1.29, 1.82) is 0 Å². The summed E-state index contributed by atoms with van der Waals surface area (Å²) in [5, 5.41) is 0. The summed E-state index contributed by atoms with van der Waals surface area (Å²) in [6.07, 6.45) is 0. The van der Waals surface area contributed by atoms with Crippen LogP contribution >= 0.6 is 0 Å². The zero-order valence-electron chi connectivity index (χ0n) is 40.7. The molecule has 10 aromatic rings. The predicted octanol–water partition coefficient (Wildman–Crippen LogP) is 18.6.